The first-order chi connectivity index (χ1) is 8.49. The molecular weight excluding hydrogens is 234 g/mol. The predicted molar refractivity (Wildman–Crippen MR) is 66.1 cm³/mol. The minimum atomic E-state index is -0.506. The second-order valence-electron chi connectivity index (χ2n) is 4.66. The molecule has 0 bridgehead atoms. The van der Waals surface area contributed by atoms with Crippen LogP contribution in [0.5, 0.6) is 0 Å². The Bertz CT molecular complexity index is 475. The van der Waals surface area contributed by atoms with Crippen LogP contribution in [0.15, 0.2) is 12.3 Å². The number of carbonyl (C=O) groups excluding carboxylic acids is 2. The van der Waals surface area contributed by atoms with Gasteiger partial charge in [-0.3, -0.25) is 4.79 Å². The monoisotopic (exact) mass is 251 g/mol. The van der Waals surface area contributed by atoms with Crippen molar-refractivity contribution in [3.05, 3.63) is 18.0 Å². The Balaban J connectivity index is 2.02. The molecule has 2 N–H and O–H groups in total. The third-order valence-corrected chi connectivity index (χ3v) is 2.84. The molecule has 0 aliphatic heterocycles. The molecule has 0 radical (unpaired) electrons. The van der Waals surface area contributed by atoms with Crippen LogP contribution in [0.4, 0.5) is 5.69 Å². The first-order valence-electron chi connectivity index (χ1n) is 5.83. The molecule has 0 aromatic carbocycles. The number of esters is 1. The van der Waals surface area contributed by atoms with E-state index in [0.717, 1.165) is 12.8 Å². The number of hydrogen-bond acceptors (Lipinski definition) is 4. The van der Waals surface area contributed by atoms with Crippen molar-refractivity contribution in [2.24, 2.45) is 0 Å². The Labute approximate surface area is 105 Å². The van der Waals surface area contributed by atoms with Gasteiger partial charge in [-0.15, -0.1) is 0 Å². The van der Waals surface area contributed by atoms with Crippen LogP contribution in [-0.2, 0) is 9.53 Å². The molecule has 0 saturated heterocycles. The highest BCUT2D eigenvalue weighted by Gasteiger charge is 2.28. The van der Waals surface area contributed by atoms with E-state index in [1.54, 1.807) is 26.4 Å². The van der Waals surface area contributed by atoms with Crippen LogP contribution < -0.4 is 5.73 Å². The molecular formula is C12H17N3O3. The molecule has 1 saturated carbocycles. The molecule has 0 spiro atoms. The van der Waals surface area contributed by atoms with Crippen molar-refractivity contribution in [3.63, 3.8) is 0 Å². The summed E-state index contributed by atoms with van der Waals surface area (Å²) in [6, 6.07) is 1.93. The van der Waals surface area contributed by atoms with Crippen molar-refractivity contribution in [1.29, 1.82) is 0 Å². The average Bonchev–Trinajstić information content (AvgIpc) is 3.08. The zero-order chi connectivity index (χ0) is 13.3. The van der Waals surface area contributed by atoms with Gasteiger partial charge in [0.1, 0.15) is 5.69 Å². The number of ether oxygens (including phenoxy) is 1. The zero-order valence-corrected chi connectivity index (χ0v) is 10.5. The number of rotatable bonds is 4. The number of nitrogens with two attached hydrogens (primary N) is 1. The van der Waals surface area contributed by atoms with E-state index in [1.165, 1.54) is 4.90 Å². The van der Waals surface area contributed by atoms with Gasteiger partial charge >= 0.3 is 5.97 Å². The van der Waals surface area contributed by atoms with E-state index in [9.17, 15) is 9.59 Å². The zero-order valence-electron chi connectivity index (χ0n) is 10.5. The van der Waals surface area contributed by atoms with E-state index in [-0.39, 0.29) is 12.5 Å². The van der Waals surface area contributed by atoms with Crippen molar-refractivity contribution in [3.8, 4) is 0 Å². The first kappa shape index (κ1) is 12.5. The molecule has 18 heavy (non-hydrogen) atoms. The molecule has 1 fully saturated rings. The van der Waals surface area contributed by atoms with Gasteiger partial charge in [-0.05, 0) is 18.9 Å². The Hall–Kier alpha value is -1.98. The maximum atomic E-state index is 11.9. The fourth-order valence-electron chi connectivity index (χ4n) is 1.65. The van der Waals surface area contributed by atoms with Crippen molar-refractivity contribution in [2.45, 2.75) is 18.9 Å². The molecule has 1 aliphatic rings. The van der Waals surface area contributed by atoms with Crippen LogP contribution in [0.25, 0.3) is 0 Å². The summed E-state index contributed by atoms with van der Waals surface area (Å²) in [7, 11) is 3.22. The second kappa shape index (κ2) is 4.72. The standard InChI is InChI=1S/C12H17N3O3/c1-14(2)11(16)7-18-12(17)10-5-8(13)6-15(10)9-3-4-9/h5-6,9H,3-4,7,13H2,1-2H3. The number of amides is 1. The largest absolute Gasteiger partial charge is 0.451 e. The summed E-state index contributed by atoms with van der Waals surface area (Å²) in [5, 5.41) is 0. The molecule has 6 heteroatoms. The van der Waals surface area contributed by atoms with Gasteiger partial charge in [-0.2, -0.15) is 0 Å². The van der Waals surface area contributed by atoms with Crippen LogP contribution >= 0.6 is 0 Å². The van der Waals surface area contributed by atoms with E-state index in [4.69, 9.17) is 10.5 Å². The highest BCUT2D eigenvalue weighted by Crippen LogP contribution is 2.37. The lowest BCUT2D eigenvalue weighted by molar-refractivity contribution is -0.131. The molecule has 6 nitrogen and oxygen atoms in total. The smallest absolute Gasteiger partial charge is 0.355 e. The van der Waals surface area contributed by atoms with Crippen molar-refractivity contribution < 1.29 is 14.3 Å². The lowest BCUT2D eigenvalue weighted by Gasteiger charge is -2.11. The van der Waals surface area contributed by atoms with Crippen molar-refractivity contribution in [1.82, 2.24) is 9.47 Å². The number of nitrogen functional groups attached to an aromatic ring is 1. The summed E-state index contributed by atoms with van der Waals surface area (Å²) < 4.78 is 6.81. The van der Waals surface area contributed by atoms with E-state index >= 15 is 0 Å². The minimum Gasteiger partial charge on any atom is -0.451 e. The van der Waals surface area contributed by atoms with Crippen LogP contribution in [-0.4, -0.2) is 42.0 Å². The Morgan fingerprint density at radius 1 is 1.50 bits per heavy atom. The number of hydrogen-bond donors (Lipinski definition) is 1. The third-order valence-electron chi connectivity index (χ3n) is 2.84. The fourth-order valence-corrected chi connectivity index (χ4v) is 1.65. The number of anilines is 1. The topological polar surface area (TPSA) is 77.6 Å². The predicted octanol–water partition coefficient (Wildman–Crippen LogP) is 0.650. The maximum absolute atomic E-state index is 11.9. The van der Waals surface area contributed by atoms with Crippen LogP contribution in [0.1, 0.15) is 29.4 Å². The summed E-state index contributed by atoms with van der Waals surface area (Å²) in [6.45, 7) is -0.248. The molecule has 1 amide bonds. The number of carbonyl (C=O) groups is 2. The summed E-state index contributed by atoms with van der Waals surface area (Å²) >= 11 is 0. The number of aromatic nitrogens is 1. The van der Waals surface area contributed by atoms with E-state index in [2.05, 4.69) is 0 Å². The molecule has 0 unspecified atom stereocenters. The highest BCUT2D eigenvalue weighted by atomic mass is 16.5. The van der Waals surface area contributed by atoms with Crippen molar-refractivity contribution >= 4 is 17.6 Å². The molecule has 1 aromatic heterocycles. The summed E-state index contributed by atoms with van der Waals surface area (Å²) in [4.78, 5) is 24.6. The van der Waals surface area contributed by atoms with Gasteiger partial charge in [0.25, 0.3) is 5.91 Å². The maximum Gasteiger partial charge on any atom is 0.355 e. The molecule has 98 valence electrons. The second-order valence-corrected chi connectivity index (χ2v) is 4.66. The van der Waals surface area contributed by atoms with Crippen LogP contribution in [0.3, 0.4) is 0 Å². The Kier molecular flexibility index (Phi) is 3.27. The first-order valence-corrected chi connectivity index (χ1v) is 5.83. The summed E-state index contributed by atoms with van der Waals surface area (Å²) in [5.74, 6) is -0.755. The van der Waals surface area contributed by atoms with Gasteiger partial charge in [0.05, 0.1) is 5.69 Å². The van der Waals surface area contributed by atoms with Crippen LogP contribution in [0, 0.1) is 0 Å². The van der Waals surface area contributed by atoms with E-state index in [1.807, 2.05) is 4.57 Å². The van der Waals surface area contributed by atoms with E-state index in [0.29, 0.717) is 17.4 Å². The SMILES string of the molecule is CN(C)C(=O)COC(=O)c1cc(N)cn1C1CC1. The number of nitrogens with zero attached hydrogens (tertiary/aromatic N) is 2. The molecule has 1 heterocycles. The highest BCUT2D eigenvalue weighted by molar-refractivity contribution is 5.91. The van der Waals surface area contributed by atoms with Gasteiger partial charge in [0, 0.05) is 26.3 Å². The average molecular weight is 251 g/mol. The van der Waals surface area contributed by atoms with Gasteiger partial charge in [0.15, 0.2) is 6.61 Å². The van der Waals surface area contributed by atoms with Gasteiger partial charge in [-0.25, -0.2) is 4.79 Å². The third kappa shape index (κ3) is 2.64. The van der Waals surface area contributed by atoms with Gasteiger partial charge < -0.3 is 19.9 Å². The van der Waals surface area contributed by atoms with Gasteiger partial charge in [-0.1, -0.05) is 0 Å². The molecule has 1 aliphatic carbocycles. The summed E-state index contributed by atoms with van der Waals surface area (Å²) in [5.41, 5.74) is 6.64. The molecule has 2 rings (SSSR count). The quantitative estimate of drug-likeness (QED) is 0.797. The Morgan fingerprint density at radius 2 is 2.17 bits per heavy atom. The van der Waals surface area contributed by atoms with Crippen LogP contribution in [0.2, 0.25) is 0 Å². The summed E-state index contributed by atoms with van der Waals surface area (Å²) in [6.07, 6.45) is 3.83. The molecule has 1 aromatic rings. The van der Waals surface area contributed by atoms with E-state index < -0.39 is 5.97 Å². The lowest BCUT2D eigenvalue weighted by Crippen LogP contribution is -2.28. The normalized spacial score (nSPS) is 14.3. The number of likely N-dealkylation sites (N-methyl/N-ethyl adjacent to an activating group) is 1. The minimum absolute atomic E-state index is 0.248. The van der Waals surface area contributed by atoms with Gasteiger partial charge in [0.2, 0.25) is 0 Å². The lowest BCUT2D eigenvalue weighted by atomic mass is 10.4. The molecule has 0 atom stereocenters. The Morgan fingerprint density at radius 3 is 2.72 bits per heavy atom. The fraction of sp³-hybridized carbons (Fsp3) is 0.500. The van der Waals surface area contributed by atoms with Crippen molar-refractivity contribution in [2.75, 3.05) is 26.4 Å².